The van der Waals surface area contributed by atoms with Crippen molar-refractivity contribution in [3.05, 3.63) is 0 Å². The number of hydrogen-bond acceptors (Lipinski definition) is 9. The van der Waals surface area contributed by atoms with E-state index in [0.717, 1.165) is 32.1 Å². The maximum absolute atomic E-state index is 14.4. The Bertz CT molecular complexity index is 949. The van der Waals surface area contributed by atoms with Gasteiger partial charge in [0.25, 0.3) is 0 Å². The molecule has 0 aromatic heterocycles. The predicted octanol–water partition coefficient (Wildman–Crippen LogP) is 2.94. The smallest absolute Gasteiger partial charge is 0.302 e. The molecule has 9 atom stereocenters. The van der Waals surface area contributed by atoms with Crippen LogP contribution in [0.15, 0.2) is 0 Å². The summed E-state index contributed by atoms with van der Waals surface area (Å²) in [4.78, 5) is 26.7. The van der Waals surface area contributed by atoms with Gasteiger partial charge in [-0.2, -0.15) is 0 Å². The fraction of sp³-hybridized carbons (Fsp3) is 0.926. The summed E-state index contributed by atoms with van der Waals surface area (Å²) in [6.45, 7) is 7.62. The van der Waals surface area contributed by atoms with Crippen molar-refractivity contribution in [2.24, 2.45) is 34.5 Å². The zero-order valence-electron chi connectivity index (χ0n) is 21.5. The highest BCUT2D eigenvalue weighted by atomic mass is 16.9. The van der Waals surface area contributed by atoms with E-state index in [1.54, 1.807) is 0 Å². The molecule has 9 nitrogen and oxygen atoms in total. The van der Waals surface area contributed by atoms with Crippen LogP contribution >= 0.6 is 0 Å². The third kappa shape index (κ3) is 2.82. The van der Waals surface area contributed by atoms with Crippen molar-refractivity contribution in [1.29, 1.82) is 0 Å². The molecule has 0 bridgehead atoms. The molecule has 9 heteroatoms. The van der Waals surface area contributed by atoms with E-state index in [1.165, 1.54) is 6.92 Å². The van der Waals surface area contributed by atoms with E-state index >= 15 is 0 Å². The van der Waals surface area contributed by atoms with Gasteiger partial charge in [0.05, 0.1) is 18.6 Å². The number of hydrogen-bond donors (Lipinski definition) is 0. The lowest BCUT2D eigenvalue weighted by Gasteiger charge is -2.63. The van der Waals surface area contributed by atoms with Gasteiger partial charge < -0.3 is 33.2 Å². The van der Waals surface area contributed by atoms with Crippen molar-refractivity contribution >= 4 is 11.8 Å². The SMILES string of the molecule is CC(=O)OC1C[C@@H]2CC3(CC[C@]2(C)C2CC(=O)[C@@]4(C)C(CC[C@@]45OCOC54COCO4)C12)OCCO3. The molecule has 7 fully saturated rings. The molecule has 36 heavy (non-hydrogen) atoms. The summed E-state index contributed by atoms with van der Waals surface area (Å²) in [6.07, 6.45) is 4.97. The molecule has 7 aliphatic rings. The lowest BCUT2D eigenvalue weighted by molar-refractivity contribution is -0.260. The molecule has 3 spiro atoms. The number of ether oxygens (including phenoxy) is 7. The van der Waals surface area contributed by atoms with Crippen LogP contribution in [0.3, 0.4) is 0 Å². The van der Waals surface area contributed by atoms with Gasteiger partial charge in [-0.25, -0.2) is 0 Å². The van der Waals surface area contributed by atoms with Gasteiger partial charge in [-0.3, -0.25) is 9.59 Å². The zero-order valence-corrected chi connectivity index (χ0v) is 21.5. The second kappa shape index (κ2) is 7.73. The second-order valence-electron chi connectivity index (χ2n) is 12.7. The topological polar surface area (TPSA) is 98.8 Å². The van der Waals surface area contributed by atoms with E-state index in [9.17, 15) is 9.59 Å². The normalized spacial score (nSPS) is 53.1. The van der Waals surface area contributed by atoms with Crippen LogP contribution in [0.4, 0.5) is 0 Å². The Morgan fingerprint density at radius 3 is 2.47 bits per heavy atom. The number of Topliss-reactive ketones (excluding diaryl/α,β-unsaturated/α-hetero) is 1. The van der Waals surface area contributed by atoms with Crippen molar-refractivity contribution in [2.45, 2.75) is 89.0 Å². The van der Waals surface area contributed by atoms with Gasteiger partial charge in [0.15, 0.2) is 19.4 Å². The molecule has 3 aliphatic heterocycles. The number of esters is 1. The van der Waals surface area contributed by atoms with Gasteiger partial charge in [0.2, 0.25) is 5.79 Å². The van der Waals surface area contributed by atoms with Gasteiger partial charge in [0, 0.05) is 32.1 Å². The van der Waals surface area contributed by atoms with Crippen LogP contribution in [0.1, 0.15) is 65.7 Å². The molecule has 0 radical (unpaired) electrons. The summed E-state index contributed by atoms with van der Waals surface area (Å²) in [5.41, 5.74) is -1.76. The molecular formula is C27H38O9. The third-order valence-electron chi connectivity index (χ3n) is 11.6. The largest absolute Gasteiger partial charge is 0.462 e. The van der Waals surface area contributed by atoms with Crippen LogP contribution in [-0.4, -0.2) is 68.4 Å². The highest BCUT2D eigenvalue weighted by Gasteiger charge is 2.79. The van der Waals surface area contributed by atoms with Crippen molar-refractivity contribution < 1.29 is 42.7 Å². The van der Waals surface area contributed by atoms with Crippen molar-refractivity contribution in [3.63, 3.8) is 0 Å². The molecule has 4 aliphatic carbocycles. The van der Waals surface area contributed by atoms with Crippen LogP contribution < -0.4 is 0 Å². The Hall–Kier alpha value is -1.10. The van der Waals surface area contributed by atoms with Crippen molar-refractivity contribution in [1.82, 2.24) is 0 Å². The highest BCUT2D eigenvalue weighted by molar-refractivity contribution is 5.88. The highest BCUT2D eigenvalue weighted by Crippen LogP contribution is 2.71. The predicted molar refractivity (Wildman–Crippen MR) is 122 cm³/mol. The zero-order chi connectivity index (χ0) is 25.0. The summed E-state index contributed by atoms with van der Waals surface area (Å²) >= 11 is 0. The minimum atomic E-state index is -1.06. The van der Waals surface area contributed by atoms with Crippen LogP contribution in [0, 0.1) is 34.5 Å². The Balaban J connectivity index is 1.29. The van der Waals surface area contributed by atoms with Crippen LogP contribution in [0.5, 0.6) is 0 Å². The Morgan fingerprint density at radius 2 is 1.75 bits per heavy atom. The summed E-state index contributed by atoms with van der Waals surface area (Å²) in [5, 5.41) is 0. The van der Waals surface area contributed by atoms with E-state index in [0.29, 0.717) is 26.1 Å². The summed E-state index contributed by atoms with van der Waals surface area (Å²) < 4.78 is 42.4. The second-order valence-corrected chi connectivity index (χ2v) is 12.7. The first-order chi connectivity index (χ1) is 17.2. The first-order valence-corrected chi connectivity index (χ1v) is 13.7. The van der Waals surface area contributed by atoms with Gasteiger partial charge >= 0.3 is 5.97 Å². The van der Waals surface area contributed by atoms with E-state index in [4.69, 9.17) is 33.2 Å². The minimum Gasteiger partial charge on any atom is -0.462 e. The standard InChI is InChI=1S/C27H38O9/c1-16(28)36-20-10-17-12-25(31-8-9-32-25)7-6-23(17,2)19-11-21(29)24(3)18(22(19)20)4-5-26(24)27(35-15-33-26)13-30-14-34-27/h17-20,22H,4-15H2,1-3H3/t17-,18?,19?,20?,22?,23+,24-,26-,27?/m1/s1. The molecule has 0 amide bonds. The maximum Gasteiger partial charge on any atom is 0.302 e. The van der Waals surface area contributed by atoms with Crippen molar-refractivity contribution in [2.75, 3.05) is 33.4 Å². The van der Waals surface area contributed by atoms with E-state index in [-0.39, 0.29) is 67.1 Å². The first kappa shape index (κ1) is 24.0. The molecular weight excluding hydrogens is 468 g/mol. The Morgan fingerprint density at radius 1 is 0.972 bits per heavy atom. The minimum absolute atomic E-state index is 0.00326. The van der Waals surface area contributed by atoms with E-state index in [1.807, 2.05) is 0 Å². The first-order valence-electron chi connectivity index (χ1n) is 13.7. The van der Waals surface area contributed by atoms with Crippen LogP contribution in [0.25, 0.3) is 0 Å². The molecule has 0 N–H and O–H groups in total. The molecule has 200 valence electrons. The molecule has 3 heterocycles. The third-order valence-corrected chi connectivity index (χ3v) is 11.6. The lowest BCUT2D eigenvalue weighted by Crippen LogP contribution is -2.69. The van der Waals surface area contributed by atoms with Gasteiger partial charge in [-0.1, -0.05) is 6.92 Å². The molecule has 4 saturated carbocycles. The number of ketones is 1. The monoisotopic (exact) mass is 506 g/mol. The molecule has 5 unspecified atom stereocenters. The quantitative estimate of drug-likeness (QED) is 0.497. The summed E-state index contributed by atoms with van der Waals surface area (Å²) in [6, 6.07) is 0. The molecule has 0 aromatic rings. The van der Waals surface area contributed by atoms with E-state index < -0.39 is 22.6 Å². The Kier molecular flexibility index (Phi) is 5.15. The van der Waals surface area contributed by atoms with Gasteiger partial charge in [-0.15, -0.1) is 0 Å². The fourth-order valence-corrected chi connectivity index (χ4v) is 9.92. The average molecular weight is 507 g/mol. The number of carbonyl (C=O) groups is 2. The van der Waals surface area contributed by atoms with Crippen LogP contribution in [0.2, 0.25) is 0 Å². The fourth-order valence-electron chi connectivity index (χ4n) is 9.92. The Labute approximate surface area is 211 Å². The average Bonchev–Trinajstić information content (AvgIpc) is 3.62. The van der Waals surface area contributed by atoms with Gasteiger partial charge in [0.1, 0.15) is 24.1 Å². The van der Waals surface area contributed by atoms with Gasteiger partial charge in [-0.05, 0) is 55.8 Å². The number of fused-ring (bicyclic) bond motifs is 7. The van der Waals surface area contributed by atoms with E-state index in [2.05, 4.69) is 13.8 Å². The maximum atomic E-state index is 14.4. The van der Waals surface area contributed by atoms with Crippen LogP contribution in [-0.2, 0) is 42.7 Å². The number of rotatable bonds is 1. The number of carbonyl (C=O) groups excluding carboxylic acids is 2. The summed E-state index contributed by atoms with van der Waals surface area (Å²) in [7, 11) is 0. The lowest BCUT2D eigenvalue weighted by atomic mass is 9.43. The molecule has 7 rings (SSSR count). The molecule has 3 saturated heterocycles. The molecule has 0 aromatic carbocycles. The summed E-state index contributed by atoms with van der Waals surface area (Å²) in [5.74, 6) is -1.19. The van der Waals surface area contributed by atoms with Crippen molar-refractivity contribution in [3.8, 4) is 0 Å².